The average molecular weight is 253 g/mol. The first-order valence-electron chi connectivity index (χ1n) is 5.41. The van der Waals surface area contributed by atoms with Crippen LogP contribution in [0.3, 0.4) is 0 Å². The maximum atomic E-state index is 11.8. The molecule has 1 aromatic rings. The first kappa shape index (κ1) is 12.0. The van der Waals surface area contributed by atoms with Crippen molar-refractivity contribution in [2.75, 3.05) is 22.6 Å². The summed E-state index contributed by atoms with van der Waals surface area (Å²) in [5.74, 6) is 1.11. The Morgan fingerprint density at radius 3 is 3.00 bits per heavy atom. The lowest BCUT2D eigenvalue weighted by Gasteiger charge is -2.26. The smallest absolute Gasteiger partial charge is 0.247 e. The minimum absolute atomic E-state index is 0.0842. The van der Waals surface area contributed by atoms with Gasteiger partial charge in [-0.3, -0.25) is 9.00 Å². The van der Waals surface area contributed by atoms with Crippen molar-refractivity contribution >= 4 is 28.2 Å². The summed E-state index contributed by atoms with van der Waals surface area (Å²) in [4.78, 5) is 16.0. The van der Waals surface area contributed by atoms with Crippen molar-refractivity contribution in [1.82, 2.24) is 4.98 Å². The van der Waals surface area contributed by atoms with Crippen molar-refractivity contribution in [3.05, 3.63) is 17.8 Å². The van der Waals surface area contributed by atoms with Crippen LogP contribution in [-0.2, 0) is 15.6 Å². The van der Waals surface area contributed by atoms with Crippen LogP contribution in [0.2, 0.25) is 0 Å². The summed E-state index contributed by atoms with van der Waals surface area (Å²) in [6, 6.07) is 1.50. The molecule has 1 amide bonds. The Balaban J connectivity index is 2.16. The van der Waals surface area contributed by atoms with Crippen molar-refractivity contribution in [2.45, 2.75) is 19.4 Å². The van der Waals surface area contributed by atoms with Gasteiger partial charge in [-0.1, -0.05) is 0 Å². The molecule has 0 saturated heterocycles. The summed E-state index contributed by atoms with van der Waals surface area (Å²) in [7, 11) is -0.885. The zero-order chi connectivity index (χ0) is 12.4. The Labute approximate surface area is 102 Å². The molecule has 2 N–H and O–H groups in total. The fourth-order valence-electron chi connectivity index (χ4n) is 1.75. The third kappa shape index (κ3) is 2.63. The van der Waals surface area contributed by atoms with Crippen LogP contribution in [0.5, 0.6) is 0 Å². The second-order valence-electron chi connectivity index (χ2n) is 4.10. The summed E-state index contributed by atoms with van der Waals surface area (Å²) in [6.07, 6.45) is 3.88. The van der Waals surface area contributed by atoms with E-state index in [1.54, 1.807) is 12.5 Å². The normalized spacial score (nSPS) is 20.1. The summed E-state index contributed by atoms with van der Waals surface area (Å²) in [6.45, 7) is 1.92. The van der Waals surface area contributed by atoms with E-state index in [1.165, 1.54) is 0 Å². The highest BCUT2D eigenvalue weighted by atomic mass is 32.2. The number of aromatic nitrogens is 1. The Kier molecular flexibility index (Phi) is 3.42. The summed E-state index contributed by atoms with van der Waals surface area (Å²) < 4.78 is 11.0. The summed E-state index contributed by atoms with van der Waals surface area (Å²) >= 11 is 0. The predicted molar refractivity (Wildman–Crippen MR) is 68.6 cm³/mol. The molecule has 0 aliphatic carbocycles. The lowest BCUT2D eigenvalue weighted by atomic mass is 10.1. The Bertz CT molecular complexity index is 476. The number of rotatable bonds is 3. The van der Waals surface area contributed by atoms with E-state index in [9.17, 15) is 9.00 Å². The molecule has 1 aliphatic rings. The lowest BCUT2D eigenvalue weighted by molar-refractivity contribution is -0.117. The second-order valence-corrected chi connectivity index (χ2v) is 5.66. The third-order valence-electron chi connectivity index (χ3n) is 2.73. The molecule has 2 rings (SSSR count). The number of carbonyl (C=O) groups excluding carboxylic acids is 1. The molecule has 6 heteroatoms. The average Bonchev–Trinajstić information content (AvgIpc) is 2.28. The maximum Gasteiger partial charge on any atom is 0.247 e. The maximum absolute atomic E-state index is 11.8. The van der Waals surface area contributed by atoms with E-state index in [1.807, 2.05) is 13.0 Å². The number of carbonyl (C=O) groups is 1. The van der Waals surface area contributed by atoms with E-state index in [4.69, 9.17) is 0 Å². The van der Waals surface area contributed by atoms with Crippen molar-refractivity contribution < 1.29 is 9.00 Å². The van der Waals surface area contributed by atoms with Gasteiger partial charge in [0.25, 0.3) is 0 Å². The molecule has 17 heavy (non-hydrogen) atoms. The zero-order valence-corrected chi connectivity index (χ0v) is 10.6. The molecule has 0 bridgehead atoms. The number of hydrogen-bond acceptors (Lipinski definition) is 4. The van der Waals surface area contributed by atoms with E-state index < -0.39 is 10.8 Å². The van der Waals surface area contributed by atoms with Crippen molar-refractivity contribution in [2.24, 2.45) is 0 Å². The van der Waals surface area contributed by atoms with E-state index >= 15 is 0 Å². The van der Waals surface area contributed by atoms with Crippen LogP contribution in [0.4, 0.5) is 11.5 Å². The van der Waals surface area contributed by atoms with E-state index in [2.05, 4.69) is 15.6 Å². The van der Waals surface area contributed by atoms with Gasteiger partial charge in [-0.25, -0.2) is 4.98 Å². The fraction of sp³-hybridized carbons (Fsp3) is 0.455. The van der Waals surface area contributed by atoms with Crippen LogP contribution in [0.1, 0.15) is 12.0 Å². The predicted octanol–water partition coefficient (Wildman–Crippen LogP) is 0.891. The van der Waals surface area contributed by atoms with Crippen molar-refractivity contribution in [3.8, 4) is 0 Å². The molecule has 92 valence electrons. The van der Waals surface area contributed by atoms with E-state index in [0.717, 1.165) is 11.3 Å². The molecule has 2 heterocycles. The van der Waals surface area contributed by atoms with Gasteiger partial charge in [-0.05, 0) is 25.0 Å². The van der Waals surface area contributed by atoms with Gasteiger partial charge in [0.15, 0.2) is 5.82 Å². The number of nitrogens with one attached hydrogen (secondary N) is 2. The van der Waals surface area contributed by atoms with Crippen molar-refractivity contribution in [1.29, 1.82) is 0 Å². The standard InChI is InChI=1S/C11H15N3O2S/c1-7-3-5-12-10-9(7)14-11(15)8(13-10)4-6-17(2)16/h3,5,8H,4,6H2,1-2H3,(H,12,13)(H,14,15). The minimum Gasteiger partial charge on any atom is -0.357 e. The molecule has 0 spiro atoms. The van der Waals surface area contributed by atoms with Gasteiger partial charge in [0.05, 0.1) is 5.69 Å². The molecule has 5 nitrogen and oxygen atoms in total. The summed E-state index contributed by atoms with van der Waals surface area (Å²) in [5.41, 5.74) is 1.72. The number of hydrogen-bond donors (Lipinski definition) is 2. The van der Waals surface area contributed by atoms with Crippen LogP contribution >= 0.6 is 0 Å². The lowest BCUT2D eigenvalue weighted by Crippen LogP contribution is -2.40. The molecule has 1 aliphatic heterocycles. The largest absolute Gasteiger partial charge is 0.357 e. The zero-order valence-electron chi connectivity index (χ0n) is 9.82. The quantitative estimate of drug-likeness (QED) is 0.839. The van der Waals surface area contributed by atoms with Gasteiger partial charge in [0.1, 0.15) is 6.04 Å². The number of nitrogens with zero attached hydrogens (tertiary/aromatic N) is 1. The first-order valence-corrected chi connectivity index (χ1v) is 7.13. The van der Waals surface area contributed by atoms with Gasteiger partial charge in [-0.2, -0.15) is 0 Å². The number of aryl methyl sites for hydroxylation is 1. The van der Waals surface area contributed by atoms with Gasteiger partial charge < -0.3 is 10.6 Å². The van der Waals surface area contributed by atoms with Gasteiger partial charge in [-0.15, -0.1) is 0 Å². The highest BCUT2D eigenvalue weighted by Gasteiger charge is 2.26. The monoisotopic (exact) mass is 253 g/mol. The van der Waals surface area contributed by atoms with E-state index in [0.29, 0.717) is 18.0 Å². The molecular weight excluding hydrogens is 238 g/mol. The van der Waals surface area contributed by atoms with Crippen LogP contribution in [0.25, 0.3) is 0 Å². The molecule has 2 unspecified atom stereocenters. The Morgan fingerprint density at radius 1 is 1.53 bits per heavy atom. The second kappa shape index (κ2) is 4.83. The van der Waals surface area contributed by atoms with Crippen molar-refractivity contribution in [3.63, 3.8) is 0 Å². The first-order chi connectivity index (χ1) is 8.08. The summed E-state index contributed by atoms with van der Waals surface area (Å²) in [5, 5.41) is 5.92. The van der Waals surface area contributed by atoms with Gasteiger partial charge >= 0.3 is 0 Å². The number of anilines is 2. The van der Waals surface area contributed by atoms with E-state index in [-0.39, 0.29) is 11.9 Å². The third-order valence-corrected chi connectivity index (χ3v) is 3.54. The number of amides is 1. The number of fused-ring (bicyclic) bond motifs is 1. The van der Waals surface area contributed by atoms with Gasteiger partial charge in [0.2, 0.25) is 5.91 Å². The van der Waals surface area contributed by atoms with Crippen LogP contribution in [0.15, 0.2) is 12.3 Å². The minimum atomic E-state index is -0.885. The number of pyridine rings is 1. The molecular formula is C11H15N3O2S. The highest BCUT2D eigenvalue weighted by Crippen LogP contribution is 2.28. The topological polar surface area (TPSA) is 71.1 Å². The molecule has 0 aromatic carbocycles. The Morgan fingerprint density at radius 2 is 2.29 bits per heavy atom. The SMILES string of the molecule is Cc1ccnc2c1NC(=O)C(CCS(C)=O)N2. The molecule has 0 fully saturated rings. The van der Waals surface area contributed by atoms with Gasteiger partial charge in [0, 0.05) is 29.0 Å². The fourth-order valence-corrected chi connectivity index (χ4v) is 2.32. The molecule has 2 atom stereocenters. The highest BCUT2D eigenvalue weighted by molar-refractivity contribution is 7.84. The molecule has 0 saturated carbocycles. The van der Waals surface area contributed by atoms with Crippen LogP contribution < -0.4 is 10.6 Å². The Hall–Kier alpha value is -1.43. The van der Waals surface area contributed by atoms with Crippen LogP contribution in [0, 0.1) is 6.92 Å². The molecule has 1 aromatic heterocycles. The van der Waals surface area contributed by atoms with Crippen LogP contribution in [-0.4, -0.2) is 33.2 Å². The molecule has 0 radical (unpaired) electrons.